The molecule has 0 aromatic heterocycles. The molecule has 1 aromatic carbocycles. The third-order valence-electron chi connectivity index (χ3n) is 1.36. The Kier molecular flexibility index (Phi) is 3.11. The van der Waals surface area contributed by atoms with Crippen molar-refractivity contribution in [2.45, 2.75) is 4.90 Å². The highest BCUT2D eigenvalue weighted by Crippen LogP contribution is 2.27. The first-order valence-electron chi connectivity index (χ1n) is 3.13. The Labute approximate surface area is 93.3 Å². The summed E-state index contributed by atoms with van der Waals surface area (Å²) in [7, 11) is 0. The Bertz CT molecular complexity index is 414. The maximum atomic E-state index is 10.5. The van der Waals surface area contributed by atoms with Gasteiger partial charge in [0.25, 0.3) is 5.69 Å². The molecule has 0 aliphatic heterocycles. The van der Waals surface area contributed by atoms with Gasteiger partial charge in [0.05, 0.1) is 10.5 Å². The quantitative estimate of drug-likeness (QED) is 0.375. The molecule has 0 saturated heterocycles. The van der Waals surface area contributed by atoms with Crippen LogP contribution in [-0.4, -0.2) is 4.92 Å². The number of halogens is 1. The zero-order chi connectivity index (χ0) is 10.0. The maximum Gasteiger partial charge on any atom is 0.285 e. The molecule has 0 unspecified atom stereocenters. The van der Waals surface area contributed by atoms with Crippen molar-refractivity contribution in [2.75, 3.05) is 0 Å². The van der Waals surface area contributed by atoms with E-state index in [9.17, 15) is 10.1 Å². The van der Waals surface area contributed by atoms with Gasteiger partial charge in [-0.05, 0) is 28.7 Å². The van der Waals surface area contributed by atoms with Gasteiger partial charge in [-0.25, -0.2) is 0 Å². The lowest BCUT2D eigenvalue weighted by molar-refractivity contribution is -0.386. The first-order chi connectivity index (χ1) is 6.06. The normalized spacial score (nSPS) is 9.31. The van der Waals surface area contributed by atoms with Crippen molar-refractivity contribution in [3.05, 3.63) is 31.4 Å². The molecule has 4 nitrogen and oxygen atoms in total. The minimum atomic E-state index is -0.525. The van der Waals surface area contributed by atoms with E-state index in [1.807, 2.05) is 6.07 Å². The number of benzene rings is 1. The van der Waals surface area contributed by atoms with Crippen molar-refractivity contribution in [2.24, 2.45) is 0 Å². The van der Waals surface area contributed by atoms with E-state index < -0.39 is 4.92 Å². The predicted octanol–water partition coefficient (Wildman–Crippen LogP) is 2.36. The fraction of sp³-hybridized carbons (Fsp3) is 0. The molecule has 0 fully saturated rings. The zero-order valence-corrected chi connectivity index (χ0v) is 9.24. The van der Waals surface area contributed by atoms with E-state index >= 15 is 0 Å². The number of nitro benzene ring substituents is 1. The number of hydrogen-bond donors (Lipinski definition) is 1. The molecule has 0 saturated carbocycles. The summed E-state index contributed by atoms with van der Waals surface area (Å²) in [5, 5.41) is 19.1. The monoisotopic (exact) mass is 306 g/mol. The largest absolute Gasteiger partial charge is 0.285 e. The summed E-state index contributed by atoms with van der Waals surface area (Å²) in [6.45, 7) is 0. The number of nitrogens with zero attached hydrogens (tertiary/aromatic N) is 2. The van der Waals surface area contributed by atoms with Crippen LogP contribution in [-0.2, 0) is 0 Å². The summed E-state index contributed by atoms with van der Waals surface area (Å²) in [6.07, 6.45) is 0. The highest BCUT2D eigenvalue weighted by atomic mass is 127. The van der Waals surface area contributed by atoms with Crippen LogP contribution in [0.5, 0.6) is 0 Å². The van der Waals surface area contributed by atoms with Gasteiger partial charge in [0.1, 0.15) is 9.64 Å². The van der Waals surface area contributed by atoms with Gasteiger partial charge in [0.2, 0.25) is 0 Å². The molecule has 0 spiro atoms. The Balaban J connectivity index is 3.47. The molecule has 6 heteroatoms. The SMILES string of the molecule is N#Cc1cc(S)cc([N+](=O)[O-])c1I. The van der Waals surface area contributed by atoms with Crippen molar-refractivity contribution >= 4 is 40.9 Å². The third-order valence-corrected chi connectivity index (χ3v) is 2.75. The van der Waals surface area contributed by atoms with E-state index in [1.54, 1.807) is 22.6 Å². The molecule has 1 aromatic rings. The summed E-state index contributed by atoms with van der Waals surface area (Å²) >= 11 is 5.74. The summed E-state index contributed by atoms with van der Waals surface area (Å²) in [5.41, 5.74) is 0.199. The summed E-state index contributed by atoms with van der Waals surface area (Å²) in [4.78, 5) is 10.4. The number of thiol groups is 1. The highest BCUT2D eigenvalue weighted by Gasteiger charge is 2.16. The molecule has 0 aliphatic rings. The number of nitriles is 1. The predicted molar refractivity (Wildman–Crippen MR) is 57.8 cm³/mol. The van der Waals surface area contributed by atoms with Gasteiger partial charge in [-0.2, -0.15) is 5.26 Å². The van der Waals surface area contributed by atoms with Crippen LogP contribution < -0.4 is 0 Å². The van der Waals surface area contributed by atoms with E-state index in [-0.39, 0.29) is 11.3 Å². The Morgan fingerprint density at radius 1 is 1.62 bits per heavy atom. The van der Waals surface area contributed by atoms with Crippen LogP contribution in [0.4, 0.5) is 5.69 Å². The second-order valence-corrected chi connectivity index (χ2v) is 3.79. The van der Waals surface area contributed by atoms with Crippen LogP contribution in [0.2, 0.25) is 0 Å². The molecule has 0 aliphatic carbocycles. The second kappa shape index (κ2) is 3.93. The lowest BCUT2D eigenvalue weighted by Crippen LogP contribution is -1.94. The van der Waals surface area contributed by atoms with Gasteiger partial charge in [0.15, 0.2) is 0 Å². The average Bonchev–Trinajstić information content (AvgIpc) is 2.08. The minimum absolute atomic E-state index is 0.0790. The molecule has 1 rings (SSSR count). The molecular weight excluding hydrogens is 303 g/mol. The van der Waals surface area contributed by atoms with Crippen LogP contribution in [0.3, 0.4) is 0 Å². The van der Waals surface area contributed by atoms with Crippen LogP contribution >= 0.6 is 35.2 Å². The van der Waals surface area contributed by atoms with Gasteiger partial charge < -0.3 is 0 Å². The van der Waals surface area contributed by atoms with Crippen LogP contribution in [0.15, 0.2) is 17.0 Å². The van der Waals surface area contributed by atoms with Gasteiger partial charge in [-0.1, -0.05) is 0 Å². The molecule has 66 valence electrons. The maximum absolute atomic E-state index is 10.5. The number of nitro groups is 1. The fourth-order valence-electron chi connectivity index (χ4n) is 0.809. The summed E-state index contributed by atoms with van der Waals surface area (Å²) in [5.74, 6) is 0. The molecular formula is C7H3IN2O2S. The Hall–Kier alpha value is -0.810. The highest BCUT2D eigenvalue weighted by molar-refractivity contribution is 14.1. The molecule has 0 amide bonds. The summed E-state index contributed by atoms with van der Waals surface area (Å²) < 4.78 is 0.350. The van der Waals surface area contributed by atoms with Crippen molar-refractivity contribution in [3.63, 3.8) is 0 Å². The number of rotatable bonds is 1. The molecule has 0 bridgehead atoms. The van der Waals surface area contributed by atoms with Crippen LogP contribution in [0, 0.1) is 25.0 Å². The average molecular weight is 306 g/mol. The van der Waals surface area contributed by atoms with E-state index in [4.69, 9.17) is 5.26 Å². The third kappa shape index (κ3) is 2.10. The van der Waals surface area contributed by atoms with Crippen molar-refractivity contribution in [1.29, 1.82) is 5.26 Å². The molecule has 0 atom stereocenters. The smallest absolute Gasteiger partial charge is 0.258 e. The van der Waals surface area contributed by atoms with E-state index in [0.717, 1.165) is 0 Å². The van der Waals surface area contributed by atoms with Crippen molar-refractivity contribution in [1.82, 2.24) is 0 Å². The molecule has 0 radical (unpaired) electrons. The first kappa shape index (κ1) is 10.3. The van der Waals surface area contributed by atoms with Crippen LogP contribution in [0.25, 0.3) is 0 Å². The van der Waals surface area contributed by atoms with E-state index in [0.29, 0.717) is 8.47 Å². The minimum Gasteiger partial charge on any atom is -0.258 e. The summed E-state index contributed by atoms with van der Waals surface area (Å²) in [6, 6.07) is 4.69. The molecule has 0 N–H and O–H groups in total. The van der Waals surface area contributed by atoms with Crippen molar-refractivity contribution in [3.8, 4) is 6.07 Å². The second-order valence-electron chi connectivity index (χ2n) is 2.20. The van der Waals surface area contributed by atoms with E-state index in [2.05, 4.69) is 12.6 Å². The first-order valence-corrected chi connectivity index (χ1v) is 4.66. The van der Waals surface area contributed by atoms with Gasteiger partial charge >= 0.3 is 0 Å². The molecule has 0 heterocycles. The number of hydrogen-bond acceptors (Lipinski definition) is 4. The standard InChI is InChI=1S/C7H3IN2O2S/c8-7-4(3-9)1-5(13)2-6(7)10(11)12/h1-2,13H. The van der Waals surface area contributed by atoms with Crippen molar-refractivity contribution < 1.29 is 4.92 Å². The topological polar surface area (TPSA) is 66.9 Å². The fourth-order valence-corrected chi connectivity index (χ4v) is 1.69. The van der Waals surface area contributed by atoms with Crippen LogP contribution in [0.1, 0.15) is 5.56 Å². The molecule has 13 heavy (non-hydrogen) atoms. The van der Waals surface area contributed by atoms with Gasteiger partial charge in [-0.15, -0.1) is 12.6 Å². The Morgan fingerprint density at radius 3 is 2.69 bits per heavy atom. The Morgan fingerprint density at radius 2 is 2.23 bits per heavy atom. The van der Waals surface area contributed by atoms with E-state index in [1.165, 1.54) is 12.1 Å². The zero-order valence-electron chi connectivity index (χ0n) is 6.19. The lowest BCUT2D eigenvalue weighted by atomic mass is 10.2. The van der Waals surface area contributed by atoms with Gasteiger partial charge in [-0.3, -0.25) is 10.1 Å². The van der Waals surface area contributed by atoms with Gasteiger partial charge in [0, 0.05) is 11.0 Å². The lowest BCUT2D eigenvalue weighted by Gasteiger charge is -1.98.